The van der Waals surface area contributed by atoms with Crippen LogP contribution in [0.25, 0.3) is 11.4 Å². The summed E-state index contributed by atoms with van der Waals surface area (Å²) in [6, 6.07) is 7.71. The van der Waals surface area contributed by atoms with E-state index in [0.717, 1.165) is 55.0 Å². The number of allylic oxidation sites excluding steroid dienone is 1. The molecule has 1 saturated heterocycles. The van der Waals surface area contributed by atoms with Crippen LogP contribution in [-0.4, -0.2) is 75.6 Å². The molecule has 0 radical (unpaired) electrons. The summed E-state index contributed by atoms with van der Waals surface area (Å²) in [5.41, 5.74) is 0.946. The Hall–Kier alpha value is -2.32. The Labute approximate surface area is 176 Å². The first-order chi connectivity index (χ1) is 14.1. The van der Waals surface area contributed by atoms with Crippen molar-refractivity contribution in [1.29, 1.82) is 0 Å². The van der Waals surface area contributed by atoms with Crippen LogP contribution < -0.4 is 4.74 Å². The van der Waals surface area contributed by atoms with Gasteiger partial charge < -0.3 is 14.5 Å². The maximum Gasteiger partial charge on any atom is 0.235 e. The molecule has 1 fully saturated rings. The molecule has 156 valence electrons. The summed E-state index contributed by atoms with van der Waals surface area (Å²) in [5.74, 6) is 1.71. The minimum atomic E-state index is -0.223. The Kier molecular flexibility index (Phi) is 7.33. The normalized spacial score (nSPS) is 15.9. The van der Waals surface area contributed by atoms with Crippen molar-refractivity contribution in [3.05, 3.63) is 36.9 Å². The van der Waals surface area contributed by atoms with E-state index in [1.165, 1.54) is 11.8 Å². The number of methoxy groups -OCH3 is 1. The number of ether oxygens (including phenoxy) is 1. The summed E-state index contributed by atoms with van der Waals surface area (Å²) in [5, 5.41) is 9.25. The summed E-state index contributed by atoms with van der Waals surface area (Å²) < 4.78 is 7.23. The third-order valence-corrected chi connectivity index (χ3v) is 6.21. The summed E-state index contributed by atoms with van der Waals surface area (Å²) in [6.07, 6.45) is 1.82. The molecule has 1 amide bonds. The maximum absolute atomic E-state index is 12.9. The molecular formula is C21H29N5O2S. The van der Waals surface area contributed by atoms with Crippen LogP contribution in [-0.2, 0) is 11.3 Å². The van der Waals surface area contributed by atoms with Gasteiger partial charge in [0.2, 0.25) is 5.91 Å². The van der Waals surface area contributed by atoms with Gasteiger partial charge in [0.05, 0.1) is 12.4 Å². The van der Waals surface area contributed by atoms with E-state index >= 15 is 0 Å². The molecule has 2 aromatic rings. The van der Waals surface area contributed by atoms with E-state index in [9.17, 15) is 4.79 Å². The van der Waals surface area contributed by atoms with Crippen LogP contribution in [0.2, 0.25) is 0 Å². The van der Waals surface area contributed by atoms with Crippen LogP contribution in [0.5, 0.6) is 5.75 Å². The van der Waals surface area contributed by atoms with Crippen molar-refractivity contribution < 1.29 is 9.53 Å². The average Bonchev–Trinajstić information content (AvgIpc) is 3.15. The van der Waals surface area contributed by atoms with Gasteiger partial charge in [0.15, 0.2) is 11.0 Å². The first kappa shape index (κ1) is 21.4. The molecule has 1 aromatic heterocycles. The highest BCUT2D eigenvalue weighted by Gasteiger charge is 2.27. The molecule has 0 saturated carbocycles. The number of benzene rings is 1. The molecule has 2 heterocycles. The molecule has 8 heteroatoms. The van der Waals surface area contributed by atoms with Crippen molar-refractivity contribution in [2.24, 2.45) is 0 Å². The third-order valence-electron chi connectivity index (χ3n) is 5.14. The largest absolute Gasteiger partial charge is 0.497 e. The van der Waals surface area contributed by atoms with Crippen molar-refractivity contribution in [1.82, 2.24) is 24.6 Å². The van der Waals surface area contributed by atoms with Gasteiger partial charge in [-0.1, -0.05) is 24.8 Å². The molecule has 0 N–H and O–H groups in total. The maximum atomic E-state index is 12.9. The molecule has 0 unspecified atom stereocenters. The van der Waals surface area contributed by atoms with Crippen molar-refractivity contribution in [3.8, 4) is 17.1 Å². The monoisotopic (exact) mass is 415 g/mol. The lowest BCUT2D eigenvalue weighted by Crippen LogP contribution is -2.50. The van der Waals surface area contributed by atoms with Gasteiger partial charge in [0, 0.05) is 38.3 Å². The Morgan fingerprint density at radius 2 is 1.93 bits per heavy atom. The lowest BCUT2D eigenvalue weighted by molar-refractivity contribution is -0.132. The van der Waals surface area contributed by atoms with Gasteiger partial charge in [-0.2, -0.15) is 0 Å². The Bertz CT molecular complexity index is 828. The van der Waals surface area contributed by atoms with Gasteiger partial charge in [0.25, 0.3) is 0 Å². The fourth-order valence-electron chi connectivity index (χ4n) is 3.37. The molecule has 3 rings (SSSR count). The topological polar surface area (TPSA) is 63.5 Å². The third kappa shape index (κ3) is 5.00. The number of hydrogen-bond acceptors (Lipinski definition) is 6. The predicted molar refractivity (Wildman–Crippen MR) is 116 cm³/mol. The van der Waals surface area contributed by atoms with Crippen LogP contribution in [0.3, 0.4) is 0 Å². The summed E-state index contributed by atoms with van der Waals surface area (Å²) in [4.78, 5) is 17.2. The van der Waals surface area contributed by atoms with Gasteiger partial charge in [0.1, 0.15) is 5.75 Å². The molecule has 7 nitrogen and oxygen atoms in total. The Balaban J connectivity index is 1.73. The van der Waals surface area contributed by atoms with E-state index in [1.807, 2.05) is 46.7 Å². The van der Waals surface area contributed by atoms with Gasteiger partial charge in [-0.25, -0.2) is 0 Å². The van der Waals surface area contributed by atoms with E-state index in [1.54, 1.807) is 7.11 Å². The minimum Gasteiger partial charge on any atom is -0.497 e. The molecule has 1 aromatic carbocycles. The average molecular weight is 416 g/mol. The van der Waals surface area contributed by atoms with Crippen LogP contribution in [0.1, 0.15) is 13.8 Å². The van der Waals surface area contributed by atoms with Crippen molar-refractivity contribution in [2.45, 2.75) is 30.8 Å². The highest BCUT2D eigenvalue weighted by molar-refractivity contribution is 8.00. The van der Waals surface area contributed by atoms with Gasteiger partial charge in [-0.3, -0.25) is 9.36 Å². The number of piperazine rings is 1. The second-order valence-corrected chi connectivity index (χ2v) is 8.26. The van der Waals surface area contributed by atoms with E-state index < -0.39 is 0 Å². The fraction of sp³-hybridized carbons (Fsp3) is 0.476. The molecular weight excluding hydrogens is 386 g/mol. The first-order valence-electron chi connectivity index (χ1n) is 9.93. The minimum absolute atomic E-state index is 0.157. The Morgan fingerprint density at radius 3 is 2.52 bits per heavy atom. The molecule has 1 aliphatic heterocycles. The fourth-order valence-corrected chi connectivity index (χ4v) is 4.32. The van der Waals surface area contributed by atoms with E-state index in [2.05, 4.69) is 28.6 Å². The number of rotatable bonds is 8. The van der Waals surface area contributed by atoms with Crippen LogP contribution in [0, 0.1) is 0 Å². The molecule has 0 aliphatic carbocycles. The highest BCUT2D eigenvalue weighted by atomic mass is 32.2. The zero-order chi connectivity index (χ0) is 20.8. The van der Waals surface area contributed by atoms with Crippen LogP contribution in [0.4, 0.5) is 0 Å². The number of aromatic nitrogens is 3. The molecule has 1 atom stereocenters. The number of carbonyl (C=O) groups excluding carboxylic acids is 1. The van der Waals surface area contributed by atoms with Gasteiger partial charge in [-0.15, -0.1) is 16.8 Å². The number of nitrogens with zero attached hydrogens (tertiary/aromatic N) is 5. The van der Waals surface area contributed by atoms with Crippen LogP contribution in [0.15, 0.2) is 42.1 Å². The summed E-state index contributed by atoms with van der Waals surface area (Å²) >= 11 is 1.45. The summed E-state index contributed by atoms with van der Waals surface area (Å²) in [7, 11) is 1.64. The molecule has 0 bridgehead atoms. The van der Waals surface area contributed by atoms with Crippen molar-refractivity contribution in [3.63, 3.8) is 0 Å². The van der Waals surface area contributed by atoms with Crippen molar-refractivity contribution >= 4 is 17.7 Å². The molecule has 1 aliphatic rings. The number of thioether (sulfide) groups is 1. The smallest absolute Gasteiger partial charge is 0.235 e. The number of hydrogen-bond donors (Lipinski definition) is 0. The molecule has 0 spiro atoms. The Morgan fingerprint density at radius 1 is 1.24 bits per heavy atom. The number of carbonyl (C=O) groups is 1. The predicted octanol–water partition coefficient (Wildman–Crippen LogP) is 2.78. The lowest BCUT2D eigenvalue weighted by Gasteiger charge is -2.35. The van der Waals surface area contributed by atoms with E-state index in [-0.39, 0.29) is 11.2 Å². The zero-order valence-corrected chi connectivity index (χ0v) is 18.2. The molecule has 29 heavy (non-hydrogen) atoms. The second-order valence-electron chi connectivity index (χ2n) is 6.95. The quantitative estimate of drug-likeness (QED) is 0.488. The van der Waals surface area contributed by atoms with Gasteiger partial charge >= 0.3 is 0 Å². The lowest BCUT2D eigenvalue weighted by atomic mass is 10.2. The van der Waals surface area contributed by atoms with E-state index in [0.29, 0.717) is 6.54 Å². The SMILES string of the molecule is C=CCn1c(S[C@H](C)C(=O)N2CCN(CC)CC2)nnc1-c1ccc(OC)cc1. The summed E-state index contributed by atoms with van der Waals surface area (Å²) in [6.45, 7) is 13.0. The zero-order valence-electron chi connectivity index (χ0n) is 17.4. The first-order valence-corrected chi connectivity index (χ1v) is 10.8. The second kappa shape index (κ2) is 9.93. The number of likely N-dealkylation sites (N-methyl/N-ethyl adjacent to an activating group) is 1. The standard InChI is InChI=1S/C21H29N5O2S/c1-5-11-26-19(17-7-9-18(28-4)10-8-17)22-23-21(26)29-16(3)20(27)25-14-12-24(6-2)13-15-25/h5,7-10,16H,1,6,11-15H2,2-4H3/t16-/m1/s1. The van der Waals surface area contributed by atoms with Crippen molar-refractivity contribution in [2.75, 3.05) is 39.8 Å². The number of amides is 1. The van der Waals surface area contributed by atoms with Crippen LogP contribution >= 0.6 is 11.8 Å². The van der Waals surface area contributed by atoms with Gasteiger partial charge in [-0.05, 0) is 37.7 Å². The highest BCUT2D eigenvalue weighted by Crippen LogP contribution is 2.28. The van der Waals surface area contributed by atoms with E-state index in [4.69, 9.17) is 4.74 Å².